The Labute approximate surface area is 86.1 Å². The van der Waals surface area contributed by atoms with Gasteiger partial charge in [0.25, 0.3) is 0 Å². The predicted octanol–water partition coefficient (Wildman–Crippen LogP) is 2.83. The number of thiol groups is 1. The van der Waals surface area contributed by atoms with E-state index in [1.54, 1.807) is 0 Å². The van der Waals surface area contributed by atoms with Crippen LogP contribution in [-0.4, -0.2) is 16.3 Å². The summed E-state index contributed by atoms with van der Waals surface area (Å²) in [7, 11) is 0. The van der Waals surface area contributed by atoms with Crippen LogP contribution in [0.4, 0.5) is 0 Å². The molecule has 0 aliphatic rings. The van der Waals surface area contributed by atoms with Gasteiger partial charge in [0.1, 0.15) is 0 Å². The van der Waals surface area contributed by atoms with Gasteiger partial charge in [0.2, 0.25) is 0 Å². The Morgan fingerprint density at radius 2 is 1.92 bits per heavy atom. The zero-order valence-electron chi connectivity index (χ0n) is 8.87. The Balaban J connectivity index is 3.88. The largest absolute Gasteiger partial charge is 0.480 e. The average molecular weight is 204 g/mol. The van der Waals surface area contributed by atoms with E-state index >= 15 is 0 Å². The van der Waals surface area contributed by atoms with Gasteiger partial charge in [0, 0.05) is 0 Å². The van der Waals surface area contributed by atoms with Crippen LogP contribution in [0, 0.1) is 11.3 Å². The van der Waals surface area contributed by atoms with Gasteiger partial charge in [-0.05, 0) is 24.2 Å². The van der Waals surface area contributed by atoms with Gasteiger partial charge in [0.05, 0.1) is 5.25 Å². The molecule has 78 valence electrons. The number of carboxylic acids is 1. The Kier molecular flexibility index (Phi) is 4.82. The molecule has 1 N–H and O–H groups in total. The van der Waals surface area contributed by atoms with E-state index in [4.69, 9.17) is 5.11 Å². The van der Waals surface area contributed by atoms with E-state index in [0.29, 0.717) is 12.3 Å². The quantitative estimate of drug-likeness (QED) is 0.691. The van der Waals surface area contributed by atoms with E-state index in [2.05, 4.69) is 40.3 Å². The maximum atomic E-state index is 10.5. The molecule has 0 aromatic rings. The lowest BCUT2D eigenvalue weighted by Crippen LogP contribution is -2.19. The second-order valence-electron chi connectivity index (χ2n) is 4.96. The number of carbonyl (C=O) groups is 1. The third kappa shape index (κ3) is 6.94. The molecular weight excluding hydrogens is 184 g/mol. The molecule has 0 aromatic heterocycles. The summed E-state index contributed by atoms with van der Waals surface area (Å²) in [5, 5.41) is 8.14. The average Bonchev–Trinajstić information content (AvgIpc) is 1.81. The van der Waals surface area contributed by atoms with Crippen LogP contribution in [0.1, 0.15) is 40.5 Å². The van der Waals surface area contributed by atoms with Crippen molar-refractivity contribution in [1.82, 2.24) is 0 Å². The smallest absolute Gasteiger partial charge is 0.316 e. The molecule has 2 atom stereocenters. The zero-order valence-corrected chi connectivity index (χ0v) is 9.77. The van der Waals surface area contributed by atoms with E-state index < -0.39 is 11.2 Å². The number of hydrogen-bond acceptors (Lipinski definition) is 2. The van der Waals surface area contributed by atoms with Crippen LogP contribution in [-0.2, 0) is 4.79 Å². The summed E-state index contributed by atoms with van der Waals surface area (Å²) in [4.78, 5) is 10.5. The predicted molar refractivity (Wildman–Crippen MR) is 58.3 cm³/mol. The van der Waals surface area contributed by atoms with E-state index in [-0.39, 0.29) is 5.41 Å². The zero-order chi connectivity index (χ0) is 10.6. The lowest BCUT2D eigenvalue weighted by Gasteiger charge is -2.23. The van der Waals surface area contributed by atoms with Crippen molar-refractivity contribution in [2.45, 2.75) is 45.8 Å². The van der Waals surface area contributed by atoms with Crippen molar-refractivity contribution in [1.29, 1.82) is 0 Å². The summed E-state index contributed by atoms with van der Waals surface area (Å²) in [6.45, 7) is 8.57. The van der Waals surface area contributed by atoms with Crippen LogP contribution in [0.2, 0.25) is 0 Å². The van der Waals surface area contributed by atoms with Gasteiger partial charge < -0.3 is 5.11 Å². The molecule has 0 saturated carbocycles. The molecule has 0 amide bonds. The molecule has 0 radical (unpaired) electrons. The molecular formula is C10H20O2S. The van der Waals surface area contributed by atoms with Gasteiger partial charge in [-0.3, -0.25) is 4.79 Å². The van der Waals surface area contributed by atoms with Gasteiger partial charge in [-0.25, -0.2) is 0 Å². The van der Waals surface area contributed by atoms with Crippen molar-refractivity contribution in [3.05, 3.63) is 0 Å². The lowest BCUT2D eigenvalue weighted by molar-refractivity contribution is -0.136. The minimum absolute atomic E-state index is 0.269. The molecule has 0 rings (SSSR count). The Morgan fingerprint density at radius 3 is 2.23 bits per heavy atom. The fourth-order valence-corrected chi connectivity index (χ4v) is 1.97. The summed E-state index contributed by atoms with van der Waals surface area (Å²) in [6.07, 6.45) is 1.69. The molecule has 0 aromatic carbocycles. The van der Waals surface area contributed by atoms with Crippen LogP contribution in [0.3, 0.4) is 0 Å². The van der Waals surface area contributed by atoms with Crippen LogP contribution in [0.5, 0.6) is 0 Å². The minimum atomic E-state index is -0.816. The summed E-state index contributed by atoms with van der Waals surface area (Å²) in [6, 6.07) is 0. The highest BCUT2D eigenvalue weighted by Gasteiger charge is 2.20. The van der Waals surface area contributed by atoms with E-state index in [1.165, 1.54) is 0 Å². The number of carboxylic acid groups (broad SMARTS) is 1. The molecule has 2 nitrogen and oxygen atoms in total. The Hall–Kier alpha value is -0.180. The van der Waals surface area contributed by atoms with Crippen molar-refractivity contribution in [3.8, 4) is 0 Å². The first-order chi connectivity index (χ1) is 5.72. The summed E-state index contributed by atoms with van der Waals surface area (Å²) in [5.74, 6) is -0.400. The van der Waals surface area contributed by atoms with Crippen LogP contribution < -0.4 is 0 Å². The minimum Gasteiger partial charge on any atom is -0.480 e. The molecule has 0 fully saturated rings. The molecule has 3 heteroatoms. The normalized spacial score (nSPS) is 16.7. The Morgan fingerprint density at radius 1 is 1.46 bits per heavy atom. The van der Waals surface area contributed by atoms with Crippen LogP contribution in [0.25, 0.3) is 0 Å². The van der Waals surface area contributed by atoms with E-state index in [0.717, 1.165) is 6.42 Å². The monoisotopic (exact) mass is 204 g/mol. The molecule has 0 spiro atoms. The first kappa shape index (κ1) is 12.8. The number of aliphatic carboxylic acids is 1. The number of rotatable bonds is 4. The molecule has 0 aliphatic carbocycles. The fourth-order valence-electron chi connectivity index (χ4n) is 1.61. The second-order valence-corrected chi connectivity index (χ2v) is 5.58. The fraction of sp³-hybridized carbons (Fsp3) is 0.900. The second kappa shape index (κ2) is 4.89. The summed E-state index contributed by atoms with van der Waals surface area (Å²) in [5.41, 5.74) is 0.269. The third-order valence-electron chi connectivity index (χ3n) is 1.87. The molecule has 13 heavy (non-hydrogen) atoms. The molecule has 0 saturated heterocycles. The van der Waals surface area contributed by atoms with Gasteiger partial charge in [-0.1, -0.05) is 27.7 Å². The van der Waals surface area contributed by atoms with Crippen LogP contribution >= 0.6 is 12.6 Å². The molecule has 2 unspecified atom stereocenters. The maximum Gasteiger partial charge on any atom is 0.316 e. The highest BCUT2D eigenvalue weighted by molar-refractivity contribution is 7.81. The van der Waals surface area contributed by atoms with Crippen molar-refractivity contribution < 1.29 is 9.90 Å². The molecule has 0 heterocycles. The van der Waals surface area contributed by atoms with E-state index in [1.807, 2.05) is 0 Å². The first-order valence-electron chi connectivity index (χ1n) is 4.63. The summed E-state index contributed by atoms with van der Waals surface area (Å²) < 4.78 is 0. The lowest BCUT2D eigenvalue weighted by atomic mass is 9.83. The highest BCUT2D eigenvalue weighted by atomic mass is 32.1. The standard InChI is InChI=1S/C10H20O2S/c1-7(6-10(2,3)4)5-8(13)9(11)12/h7-8,13H,5-6H2,1-4H3,(H,11,12). The molecule has 0 aliphatic heterocycles. The highest BCUT2D eigenvalue weighted by Crippen LogP contribution is 2.27. The van der Waals surface area contributed by atoms with Gasteiger partial charge in [0.15, 0.2) is 0 Å². The van der Waals surface area contributed by atoms with Gasteiger partial charge >= 0.3 is 5.97 Å². The Bertz CT molecular complexity index is 172. The van der Waals surface area contributed by atoms with Crippen LogP contribution in [0.15, 0.2) is 0 Å². The van der Waals surface area contributed by atoms with Crippen molar-refractivity contribution >= 4 is 18.6 Å². The summed E-state index contributed by atoms with van der Waals surface area (Å²) >= 11 is 4.01. The van der Waals surface area contributed by atoms with Gasteiger partial charge in [-0.15, -0.1) is 0 Å². The van der Waals surface area contributed by atoms with Gasteiger partial charge in [-0.2, -0.15) is 12.6 Å². The topological polar surface area (TPSA) is 37.3 Å². The molecule has 0 bridgehead atoms. The van der Waals surface area contributed by atoms with Crippen molar-refractivity contribution in [3.63, 3.8) is 0 Å². The number of hydrogen-bond donors (Lipinski definition) is 2. The van der Waals surface area contributed by atoms with E-state index in [9.17, 15) is 4.79 Å². The third-order valence-corrected chi connectivity index (χ3v) is 2.30. The van der Waals surface area contributed by atoms with Crippen molar-refractivity contribution in [2.75, 3.05) is 0 Å². The first-order valence-corrected chi connectivity index (χ1v) is 5.15. The van der Waals surface area contributed by atoms with Crippen molar-refractivity contribution in [2.24, 2.45) is 11.3 Å². The maximum absolute atomic E-state index is 10.5. The SMILES string of the molecule is CC(CC(S)C(=O)O)CC(C)(C)C.